The van der Waals surface area contributed by atoms with Gasteiger partial charge in [0.15, 0.2) is 0 Å². The smallest absolute Gasteiger partial charge is 0.338 e. The molecular formula is C16H16BrNO5S. The number of esters is 1. The lowest BCUT2D eigenvalue weighted by atomic mass is 10.2. The molecule has 128 valence electrons. The third kappa shape index (κ3) is 5.05. The largest absolute Gasteiger partial charge is 0.490 e. The number of hydrogen-bond donors (Lipinski definition) is 1. The van der Waals surface area contributed by atoms with E-state index in [0.717, 1.165) is 4.47 Å². The Balaban J connectivity index is 1.89. The minimum absolute atomic E-state index is 0.00515. The highest BCUT2D eigenvalue weighted by molar-refractivity contribution is 9.10. The maximum atomic E-state index is 12.0. The van der Waals surface area contributed by atoms with Crippen LogP contribution in [0.1, 0.15) is 10.4 Å². The van der Waals surface area contributed by atoms with E-state index in [-0.39, 0.29) is 23.7 Å². The van der Waals surface area contributed by atoms with E-state index < -0.39 is 16.0 Å². The van der Waals surface area contributed by atoms with Gasteiger partial charge in [-0.3, -0.25) is 0 Å². The van der Waals surface area contributed by atoms with E-state index in [1.54, 1.807) is 12.1 Å². The quantitative estimate of drug-likeness (QED) is 0.557. The van der Waals surface area contributed by atoms with Crippen molar-refractivity contribution in [2.24, 2.45) is 0 Å². The zero-order chi connectivity index (χ0) is 17.6. The number of sulfonamides is 1. The zero-order valence-electron chi connectivity index (χ0n) is 12.9. The molecule has 0 aliphatic rings. The Morgan fingerprint density at radius 1 is 1.12 bits per heavy atom. The normalized spacial score (nSPS) is 11.1. The van der Waals surface area contributed by atoms with E-state index in [9.17, 15) is 13.2 Å². The standard InChI is InChI=1S/C16H16BrNO5S/c1-18-24(20,21)15-4-2-3-12(11-15)16(19)23-10-9-22-14-7-5-13(17)6-8-14/h2-8,11,18H,9-10H2,1H3. The summed E-state index contributed by atoms with van der Waals surface area (Å²) in [6, 6.07) is 12.9. The summed E-state index contributed by atoms with van der Waals surface area (Å²) in [7, 11) is -2.30. The van der Waals surface area contributed by atoms with Crippen LogP contribution in [0.2, 0.25) is 0 Å². The molecule has 6 nitrogen and oxygen atoms in total. The van der Waals surface area contributed by atoms with E-state index in [2.05, 4.69) is 20.7 Å². The van der Waals surface area contributed by atoms with E-state index in [1.165, 1.54) is 31.3 Å². The Bertz CT molecular complexity index is 805. The van der Waals surface area contributed by atoms with Gasteiger partial charge in [0, 0.05) is 4.47 Å². The number of nitrogens with one attached hydrogen (secondary N) is 1. The molecule has 2 aromatic rings. The fourth-order valence-corrected chi connectivity index (χ4v) is 2.86. The molecule has 0 saturated carbocycles. The van der Waals surface area contributed by atoms with Crippen LogP contribution in [-0.4, -0.2) is 34.6 Å². The molecule has 0 atom stereocenters. The van der Waals surface area contributed by atoms with Crippen molar-refractivity contribution in [3.8, 4) is 5.75 Å². The minimum Gasteiger partial charge on any atom is -0.490 e. The lowest BCUT2D eigenvalue weighted by Crippen LogP contribution is -2.19. The molecule has 24 heavy (non-hydrogen) atoms. The molecule has 0 unspecified atom stereocenters. The molecular weight excluding hydrogens is 398 g/mol. The number of rotatable bonds is 7. The second-order valence-corrected chi connectivity index (χ2v) is 7.48. The fraction of sp³-hybridized carbons (Fsp3) is 0.188. The molecule has 0 heterocycles. The predicted octanol–water partition coefficient (Wildman–Crippen LogP) is 2.59. The van der Waals surface area contributed by atoms with Gasteiger partial charge in [0.2, 0.25) is 10.0 Å². The highest BCUT2D eigenvalue weighted by Gasteiger charge is 2.15. The molecule has 8 heteroatoms. The predicted molar refractivity (Wildman–Crippen MR) is 92.6 cm³/mol. The number of carbonyl (C=O) groups is 1. The molecule has 2 aromatic carbocycles. The molecule has 1 N–H and O–H groups in total. The topological polar surface area (TPSA) is 81.7 Å². The summed E-state index contributed by atoms with van der Waals surface area (Å²) < 4.78 is 37.1. The molecule has 0 aromatic heterocycles. The van der Waals surface area contributed by atoms with Gasteiger partial charge >= 0.3 is 5.97 Å². The van der Waals surface area contributed by atoms with Gasteiger partial charge in [-0.1, -0.05) is 22.0 Å². The Kier molecular flexibility index (Phi) is 6.36. The lowest BCUT2D eigenvalue weighted by molar-refractivity contribution is 0.0450. The minimum atomic E-state index is -3.61. The summed E-state index contributed by atoms with van der Waals surface area (Å²) in [4.78, 5) is 12.0. The number of hydrogen-bond acceptors (Lipinski definition) is 5. The summed E-state index contributed by atoms with van der Waals surface area (Å²) in [5.74, 6) is 0.0546. The summed E-state index contributed by atoms with van der Waals surface area (Å²) in [5.41, 5.74) is 0.162. The van der Waals surface area contributed by atoms with Crippen LogP contribution in [0.4, 0.5) is 0 Å². The van der Waals surface area contributed by atoms with Crippen molar-refractivity contribution in [2.45, 2.75) is 4.90 Å². The third-order valence-electron chi connectivity index (χ3n) is 3.05. The highest BCUT2D eigenvalue weighted by Crippen LogP contribution is 2.16. The number of halogens is 1. The van der Waals surface area contributed by atoms with Crippen molar-refractivity contribution in [3.05, 3.63) is 58.6 Å². The molecule has 0 radical (unpaired) electrons. The monoisotopic (exact) mass is 413 g/mol. The van der Waals surface area contributed by atoms with E-state index in [0.29, 0.717) is 5.75 Å². The Morgan fingerprint density at radius 3 is 2.50 bits per heavy atom. The van der Waals surface area contributed by atoms with Crippen molar-refractivity contribution in [1.82, 2.24) is 4.72 Å². The second kappa shape index (κ2) is 8.27. The first-order chi connectivity index (χ1) is 11.4. The van der Waals surface area contributed by atoms with Gasteiger partial charge in [-0.05, 0) is 49.5 Å². The Morgan fingerprint density at radius 2 is 1.83 bits per heavy atom. The Hall–Kier alpha value is -1.90. The van der Waals surface area contributed by atoms with Crippen LogP contribution in [-0.2, 0) is 14.8 Å². The van der Waals surface area contributed by atoms with Gasteiger partial charge in [-0.2, -0.15) is 0 Å². The Labute approximate surface area is 149 Å². The maximum Gasteiger partial charge on any atom is 0.338 e. The van der Waals surface area contributed by atoms with Crippen LogP contribution in [0, 0.1) is 0 Å². The molecule has 0 bridgehead atoms. The van der Waals surface area contributed by atoms with Crippen LogP contribution in [0.3, 0.4) is 0 Å². The van der Waals surface area contributed by atoms with Crippen LogP contribution >= 0.6 is 15.9 Å². The first-order valence-electron chi connectivity index (χ1n) is 7.01. The lowest BCUT2D eigenvalue weighted by Gasteiger charge is -2.08. The van der Waals surface area contributed by atoms with Gasteiger partial charge in [-0.15, -0.1) is 0 Å². The van der Waals surface area contributed by atoms with E-state index in [1.807, 2.05) is 12.1 Å². The highest BCUT2D eigenvalue weighted by atomic mass is 79.9. The van der Waals surface area contributed by atoms with Crippen molar-refractivity contribution in [2.75, 3.05) is 20.3 Å². The van der Waals surface area contributed by atoms with Crippen LogP contribution in [0.25, 0.3) is 0 Å². The second-order valence-electron chi connectivity index (χ2n) is 4.67. The summed E-state index contributed by atoms with van der Waals surface area (Å²) in [6.45, 7) is 0.250. The number of carbonyl (C=O) groups excluding carboxylic acids is 1. The average molecular weight is 414 g/mol. The van der Waals surface area contributed by atoms with Gasteiger partial charge in [0.25, 0.3) is 0 Å². The molecule has 2 rings (SSSR count). The van der Waals surface area contributed by atoms with Gasteiger partial charge in [0.1, 0.15) is 19.0 Å². The van der Waals surface area contributed by atoms with Crippen molar-refractivity contribution in [3.63, 3.8) is 0 Å². The van der Waals surface area contributed by atoms with Crippen molar-refractivity contribution < 1.29 is 22.7 Å². The van der Waals surface area contributed by atoms with Gasteiger partial charge < -0.3 is 9.47 Å². The van der Waals surface area contributed by atoms with Gasteiger partial charge in [-0.25, -0.2) is 17.9 Å². The van der Waals surface area contributed by atoms with Crippen LogP contribution < -0.4 is 9.46 Å². The molecule has 0 aliphatic heterocycles. The summed E-state index contributed by atoms with van der Waals surface area (Å²) >= 11 is 3.32. The molecule has 0 fully saturated rings. The maximum absolute atomic E-state index is 12.0. The van der Waals surface area contributed by atoms with Crippen LogP contribution in [0.5, 0.6) is 5.75 Å². The van der Waals surface area contributed by atoms with E-state index >= 15 is 0 Å². The third-order valence-corrected chi connectivity index (χ3v) is 4.99. The number of benzene rings is 2. The fourth-order valence-electron chi connectivity index (χ4n) is 1.82. The van der Waals surface area contributed by atoms with Crippen LogP contribution in [0.15, 0.2) is 57.9 Å². The first kappa shape index (κ1) is 18.4. The zero-order valence-corrected chi connectivity index (χ0v) is 15.3. The first-order valence-corrected chi connectivity index (χ1v) is 9.29. The number of ether oxygens (including phenoxy) is 2. The summed E-state index contributed by atoms with van der Waals surface area (Å²) in [5, 5.41) is 0. The van der Waals surface area contributed by atoms with E-state index in [4.69, 9.17) is 9.47 Å². The molecule has 0 saturated heterocycles. The van der Waals surface area contributed by atoms with Crippen molar-refractivity contribution in [1.29, 1.82) is 0 Å². The SMILES string of the molecule is CNS(=O)(=O)c1cccc(C(=O)OCCOc2ccc(Br)cc2)c1. The average Bonchev–Trinajstić information content (AvgIpc) is 2.60. The molecule has 0 amide bonds. The summed E-state index contributed by atoms with van der Waals surface area (Å²) in [6.07, 6.45) is 0. The molecule has 0 spiro atoms. The molecule has 0 aliphatic carbocycles. The van der Waals surface area contributed by atoms with Gasteiger partial charge in [0.05, 0.1) is 10.5 Å². The van der Waals surface area contributed by atoms with Crippen molar-refractivity contribution >= 4 is 31.9 Å².